The van der Waals surface area contributed by atoms with Crippen molar-refractivity contribution in [2.75, 3.05) is 26.2 Å². The standard InChI is InChI=1S/C23H25N7OS/c1-17-24-21(27-26-17)15-28-10-12-29(13-11-28)23(31)19-6-2-3-7-20(19)32-16-18-14-30-9-5-4-8-22(30)25-18/h2-9,14H,10-13,15-16H2,1H3,(H,24,26,27). The first-order valence-electron chi connectivity index (χ1n) is 10.7. The van der Waals surface area contributed by atoms with Crippen LogP contribution >= 0.6 is 11.8 Å². The number of benzene rings is 1. The average Bonchev–Trinajstić information content (AvgIpc) is 3.43. The molecule has 32 heavy (non-hydrogen) atoms. The molecule has 1 fully saturated rings. The molecule has 0 aliphatic carbocycles. The first-order valence-corrected chi connectivity index (χ1v) is 11.7. The Kier molecular flexibility index (Phi) is 5.91. The Labute approximate surface area is 190 Å². The number of imidazole rings is 1. The van der Waals surface area contributed by atoms with Crippen LogP contribution in [0.5, 0.6) is 0 Å². The highest BCUT2D eigenvalue weighted by molar-refractivity contribution is 7.98. The van der Waals surface area contributed by atoms with Gasteiger partial charge in [-0.05, 0) is 31.2 Å². The fourth-order valence-electron chi connectivity index (χ4n) is 3.92. The highest BCUT2D eigenvalue weighted by Crippen LogP contribution is 2.27. The molecular weight excluding hydrogens is 422 g/mol. The van der Waals surface area contributed by atoms with Gasteiger partial charge in [0.2, 0.25) is 0 Å². The number of piperazine rings is 1. The van der Waals surface area contributed by atoms with E-state index in [1.165, 1.54) is 0 Å². The summed E-state index contributed by atoms with van der Waals surface area (Å²) < 4.78 is 2.02. The molecule has 1 aliphatic rings. The Hall–Kier alpha value is -3.17. The second kappa shape index (κ2) is 9.13. The van der Waals surface area contributed by atoms with E-state index in [-0.39, 0.29) is 5.91 Å². The quantitative estimate of drug-likeness (QED) is 0.458. The Morgan fingerprint density at radius 3 is 2.66 bits per heavy atom. The van der Waals surface area contributed by atoms with Gasteiger partial charge in [-0.15, -0.1) is 11.8 Å². The van der Waals surface area contributed by atoms with Crippen molar-refractivity contribution in [1.29, 1.82) is 0 Å². The summed E-state index contributed by atoms with van der Waals surface area (Å²) in [6.45, 7) is 5.64. The molecule has 4 aromatic rings. The zero-order chi connectivity index (χ0) is 21.9. The highest BCUT2D eigenvalue weighted by atomic mass is 32.2. The summed E-state index contributed by atoms with van der Waals surface area (Å²) >= 11 is 1.66. The Balaban J connectivity index is 1.21. The summed E-state index contributed by atoms with van der Waals surface area (Å²) in [6.07, 6.45) is 4.04. The molecule has 1 amide bonds. The van der Waals surface area contributed by atoms with Gasteiger partial charge in [0.15, 0.2) is 5.82 Å². The number of fused-ring (bicyclic) bond motifs is 1. The molecule has 1 aromatic carbocycles. The lowest BCUT2D eigenvalue weighted by Crippen LogP contribution is -2.48. The Morgan fingerprint density at radius 2 is 1.88 bits per heavy atom. The van der Waals surface area contributed by atoms with Crippen molar-refractivity contribution < 1.29 is 4.79 Å². The third-order valence-corrected chi connectivity index (χ3v) is 6.68. The number of rotatable bonds is 6. The molecule has 3 aromatic heterocycles. The van der Waals surface area contributed by atoms with Gasteiger partial charge in [0.1, 0.15) is 11.5 Å². The maximum Gasteiger partial charge on any atom is 0.255 e. The number of nitrogens with one attached hydrogen (secondary N) is 1. The van der Waals surface area contributed by atoms with Crippen molar-refractivity contribution in [3.05, 3.63) is 77.8 Å². The van der Waals surface area contributed by atoms with E-state index < -0.39 is 0 Å². The average molecular weight is 448 g/mol. The lowest BCUT2D eigenvalue weighted by atomic mass is 10.2. The third kappa shape index (κ3) is 4.53. The summed E-state index contributed by atoms with van der Waals surface area (Å²) in [6, 6.07) is 13.8. The molecule has 9 heteroatoms. The number of thioether (sulfide) groups is 1. The van der Waals surface area contributed by atoms with E-state index in [9.17, 15) is 4.79 Å². The van der Waals surface area contributed by atoms with Gasteiger partial charge in [-0.2, -0.15) is 5.10 Å². The van der Waals surface area contributed by atoms with Gasteiger partial charge in [0, 0.05) is 49.2 Å². The van der Waals surface area contributed by atoms with Crippen LogP contribution < -0.4 is 0 Å². The van der Waals surface area contributed by atoms with Crippen molar-refractivity contribution in [3.63, 3.8) is 0 Å². The molecule has 0 saturated carbocycles. The molecule has 8 nitrogen and oxygen atoms in total. The summed E-state index contributed by atoms with van der Waals surface area (Å²) in [7, 11) is 0. The molecule has 4 heterocycles. The first-order chi connectivity index (χ1) is 15.7. The van der Waals surface area contributed by atoms with Gasteiger partial charge in [-0.3, -0.25) is 14.8 Å². The van der Waals surface area contributed by atoms with Crippen LogP contribution in [0.2, 0.25) is 0 Å². The van der Waals surface area contributed by atoms with Gasteiger partial charge in [0.05, 0.1) is 17.8 Å². The summed E-state index contributed by atoms with van der Waals surface area (Å²) in [4.78, 5) is 27.6. The van der Waals surface area contributed by atoms with E-state index in [0.717, 1.165) is 52.3 Å². The maximum atomic E-state index is 13.3. The van der Waals surface area contributed by atoms with E-state index in [2.05, 4.69) is 25.1 Å². The van der Waals surface area contributed by atoms with E-state index in [1.807, 2.05) is 71.1 Å². The minimum absolute atomic E-state index is 0.0940. The molecule has 5 rings (SSSR count). The molecule has 1 aliphatic heterocycles. The van der Waals surface area contributed by atoms with Crippen LogP contribution in [0.3, 0.4) is 0 Å². The summed E-state index contributed by atoms with van der Waals surface area (Å²) in [5.74, 6) is 2.44. The number of aromatic amines is 1. The lowest BCUT2D eigenvalue weighted by molar-refractivity contribution is 0.0622. The lowest BCUT2D eigenvalue weighted by Gasteiger charge is -2.34. The van der Waals surface area contributed by atoms with Gasteiger partial charge in [-0.1, -0.05) is 18.2 Å². The fourth-order valence-corrected chi connectivity index (χ4v) is 4.84. The SMILES string of the molecule is Cc1nc(CN2CCN(C(=O)c3ccccc3SCc3cn4ccccc4n3)CC2)n[nH]1. The molecule has 1 N–H and O–H groups in total. The van der Waals surface area contributed by atoms with Crippen molar-refractivity contribution in [2.45, 2.75) is 24.1 Å². The van der Waals surface area contributed by atoms with Crippen molar-refractivity contribution in [1.82, 2.24) is 34.4 Å². The molecule has 0 atom stereocenters. The molecule has 164 valence electrons. The number of aryl methyl sites for hydroxylation is 1. The molecular formula is C23H25N7OS. The summed E-state index contributed by atoms with van der Waals surface area (Å²) in [5.41, 5.74) is 2.70. The predicted molar refractivity (Wildman–Crippen MR) is 123 cm³/mol. The molecule has 0 radical (unpaired) electrons. The second-order valence-electron chi connectivity index (χ2n) is 7.89. The highest BCUT2D eigenvalue weighted by Gasteiger charge is 2.24. The number of aromatic nitrogens is 5. The van der Waals surface area contributed by atoms with Gasteiger partial charge in [-0.25, -0.2) is 9.97 Å². The van der Waals surface area contributed by atoms with Crippen molar-refractivity contribution >= 4 is 23.3 Å². The molecule has 1 saturated heterocycles. The normalized spacial score (nSPS) is 14.8. The third-order valence-electron chi connectivity index (χ3n) is 5.57. The van der Waals surface area contributed by atoms with E-state index in [1.54, 1.807) is 11.8 Å². The zero-order valence-electron chi connectivity index (χ0n) is 17.9. The largest absolute Gasteiger partial charge is 0.336 e. The number of hydrogen-bond donors (Lipinski definition) is 1. The second-order valence-corrected chi connectivity index (χ2v) is 8.91. The van der Waals surface area contributed by atoms with Crippen LogP contribution in [0.1, 0.15) is 27.7 Å². The van der Waals surface area contributed by atoms with E-state index >= 15 is 0 Å². The van der Waals surface area contributed by atoms with Crippen LogP contribution in [0, 0.1) is 6.92 Å². The molecule has 0 bridgehead atoms. The smallest absolute Gasteiger partial charge is 0.255 e. The summed E-state index contributed by atoms with van der Waals surface area (Å²) in [5, 5.41) is 7.10. The van der Waals surface area contributed by atoms with Gasteiger partial charge in [0.25, 0.3) is 5.91 Å². The predicted octanol–water partition coefficient (Wildman–Crippen LogP) is 3.01. The number of amides is 1. The number of pyridine rings is 1. The van der Waals surface area contributed by atoms with Gasteiger partial charge >= 0.3 is 0 Å². The monoisotopic (exact) mass is 447 g/mol. The van der Waals surface area contributed by atoms with Crippen LogP contribution in [-0.4, -0.2) is 66.5 Å². The zero-order valence-corrected chi connectivity index (χ0v) is 18.8. The van der Waals surface area contributed by atoms with E-state index in [4.69, 9.17) is 0 Å². The molecule has 0 unspecified atom stereocenters. The number of carbonyl (C=O) groups excluding carboxylic acids is 1. The van der Waals surface area contributed by atoms with Crippen LogP contribution in [0.15, 0.2) is 59.8 Å². The van der Waals surface area contributed by atoms with Crippen LogP contribution in [0.4, 0.5) is 0 Å². The first kappa shape index (κ1) is 20.7. The Morgan fingerprint density at radius 1 is 1.06 bits per heavy atom. The van der Waals surface area contributed by atoms with Crippen LogP contribution in [0.25, 0.3) is 5.65 Å². The van der Waals surface area contributed by atoms with E-state index in [0.29, 0.717) is 19.6 Å². The minimum Gasteiger partial charge on any atom is -0.336 e. The van der Waals surface area contributed by atoms with Gasteiger partial charge < -0.3 is 9.30 Å². The van der Waals surface area contributed by atoms with Crippen LogP contribution in [-0.2, 0) is 12.3 Å². The number of hydrogen-bond acceptors (Lipinski definition) is 6. The number of nitrogens with zero attached hydrogens (tertiary/aromatic N) is 6. The fraction of sp³-hybridized carbons (Fsp3) is 0.304. The minimum atomic E-state index is 0.0940. The number of H-pyrrole nitrogens is 1. The van der Waals surface area contributed by atoms with Crippen molar-refractivity contribution in [3.8, 4) is 0 Å². The maximum absolute atomic E-state index is 13.3. The topological polar surface area (TPSA) is 82.4 Å². The number of carbonyl (C=O) groups is 1. The Bertz CT molecular complexity index is 1190. The van der Waals surface area contributed by atoms with Crippen molar-refractivity contribution in [2.24, 2.45) is 0 Å². The molecule has 0 spiro atoms.